The minimum absolute atomic E-state index is 0.0151. The third-order valence-corrected chi connectivity index (χ3v) is 5.55. The van der Waals surface area contributed by atoms with E-state index in [-0.39, 0.29) is 17.4 Å². The normalized spacial score (nSPS) is 11.0. The molecule has 35 heavy (non-hydrogen) atoms. The highest BCUT2D eigenvalue weighted by Gasteiger charge is 2.12. The summed E-state index contributed by atoms with van der Waals surface area (Å²) in [5.41, 5.74) is 7.95. The van der Waals surface area contributed by atoms with Crippen LogP contribution in [0.5, 0.6) is 23.0 Å². The Morgan fingerprint density at radius 2 is 1.46 bits per heavy atom. The van der Waals surface area contributed by atoms with E-state index in [1.165, 1.54) is 12.3 Å². The van der Waals surface area contributed by atoms with E-state index in [0.29, 0.717) is 34.0 Å². The lowest BCUT2D eigenvalue weighted by atomic mass is 10.1. The van der Waals surface area contributed by atoms with Crippen LogP contribution in [0.3, 0.4) is 0 Å². The minimum Gasteiger partial charge on any atom is -0.508 e. The highest BCUT2D eigenvalue weighted by molar-refractivity contribution is 5.85. The molecule has 0 fully saturated rings. The SMILES string of the molecule is COc1ccc(-c2cc(-c3ccc(C)cc3)nc(N/N=C\c3ccc(O)c(C)c3O)n2)cc1OC. The predicted octanol–water partition coefficient (Wildman–Crippen LogP) is 5.30. The van der Waals surface area contributed by atoms with Crippen LogP contribution in [-0.2, 0) is 0 Å². The van der Waals surface area contributed by atoms with Crippen molar-refractivity contribution in [3.8, 4) is 45.5 Å². The van der Waals surface area contributed by atoms with Crippen molar-refractivity contribution in [1.29, 1.82) is 0 Å². The van der Waals surface area contributed by atoms with Gasteiger partial charge >= 0.3 is 0 Å². The average molecular weight is 471 g/mol. The largest absolute Gasteiger partial charge is 0.508 e. The lowest BCUT2D eigenvalue weighted by Crippen LogP contribution is -2.01. The molecule has 0 bridgehead atoms. The Labute approximate surface area is 203 Å². The molecule has 4 rings (SSSR count). The van der Waals surface area contributed by atoms with Gasteiger partial charge in [0.1, 0.15) is 11.5 Å². The maximum absolute atomic E-state index is 10.2. The van der Waals surface area contributed by atoms with Crippen molar-refractivity contribution >= 4 is 12.2 Å². The first-order chi connectivity index (χ1) is 16.9. The summed E-state index contributed by atoms with van der Waals surface area (Å²) in [6.07, 6.45) is 1.44. The van der Waals surface area contributed by atoms with E-state index in [1.54, 1.807) is 27.2 Å². The number of rotatable bonds is 7. The molecule has 0 saturated carbocycles. The van der Waals surface area contributed by atoms with Gasteiger partial charge in [0.25, 0.3) is 0 Å². The monoisotopic (exact) mass is 470 g/mol. The zero-order valence-electron chi connectivity index (χ0n) is 19.9. The molecule has 3 aromatic carbocycles. The first-order valence-corrected chi connectivity index (χ1v) is 10.9. The number of aryl methyl sites for hydroxylation is 1. The number of ether oxygens (including phenoxy) is 2. The van der Waals surface area contributed by atoms with Gasteiger partial charge in [0.15, 0.2) is 11.5 Å². The first-order valence-electron chi connectivity index (χ1n) is 10.9. The smallest absolute Gasteiger partial charge is 0.244 e. The van der Waals surface area contributed by atoms with Gasteiger partial charge in [-0.25, -0.2) is 15.4 Å². The van der Waals surface area contributed by atoms with E-state index >= 15 is 0 Å². The van der Waals surface area contributed by atoms with Crippen molar-refractivity contribution in [3.63, 3.8) is 0 Å². The lowest BCUT2D eigenvalue weighted by Gasteiger charge is -2.11. The molecule has 1 aromatic heterocycles. The minimum atomic E-state index is -0.0455. The number of phenols is 2. The molecule has 0 unspecified atom stereocenters. The van der Waals surface area contributed by atoms with E-state index in [4.69, 9.17) is 9.47 Å². The van der Waals surface area contributed by atoms with Crippen LogP contribution in [0.2, 0.25) is 0 Å². The van der Waals surface area contributed by atoms with Crippen molar-refractivity contribution in [2.75, 3.05) is 19.6 Å². The van der Waals surface area contributed by atoms with Crippen LogP contribution < -0.4 is 14.9 Å². The number of hydrazone groups is 1. The van der Waals surface area contributed by atoms with Crippen LogP contribution in [-0.4, -0.2) is 40.6 Å². The van der Waals surface area contributed by atoms with Crippen LogP contribution in [0.4, 0.5) is 5.95 Å². The number of nitrogens with one attached hydrogen (secondary N) is 1. The topological polar surface area (TPSA) is 109 Å². The fourth-order valence-corrected chi connectivity index (χ4v) is 3.49. The number of benzene rings is 3. The fourth-order valence-electron chi connectivity index (χ4n) is 3.49. The van der Waals surface area contributed by atoms with E-state index in [2.05, 4.69) is 20.5 Å². The summed E-state index contributed by atoms with van der Waals surface area (Å²) in [5, 5.41) is 24.2. The second-order valence-corrected chi connectivity index (χ2v) is 7.92. The highest BCUT2D eigenvalue weighted by atomic mass is 16.5. The first kappa shape index (κ1) is 23.6. The zero-order chi connectivity index (χ0) is 24.9. The van der Waals surface area contributed by atoms with Gasteiger partial charge in [-0.2, -0.15) is 5.10 Å². The summed E-state index contributed by atoms with van der Waals surface area (Å²) in [7, 11) is 3.17. The molecule has 8 heteroatoms. The molecule has 0 atom stereocenters. The lowest BCUT2D eigenvalue weighted by molar-refractivity contribution is 0.355. The van der Waals surface area contributed by atoms with Crippen LogP contribution in [0, 0.1) is 13.8 Å². The Kier molecular flexibility index (Phi) is 6.82. The van der Waals surface area contributed by atoms with Crippen molar-refractivity contribution < 1.29 is 19.7 Å². The molecule has 4 aromatic rings. The highest BCUT2D eigenvalue weighted by Crippen LogP contribution is 2.33. The average Bonchev–Trinajstić information content (AvgIpc) is 2.88. The molecule has 0 amide bonds. The number of phenolic OH excluding ortho intramolecular Hbond substituents is 2. The second kappa shape index (κ2) is 10.1. The molecule has 0 aliphatic carbocycles. The number of hydrogen-bond acceptors (Lipinski definition) is 8. The quantitative estimate of drug-likeness (QED) is 0.248. The summed E-state index contributed by atoms with van der Waals surface area (Å²) in [6.45, 7) is 3.65. The molecule has 3 N–H and O–H groups in total. The van der Waals surface area contributed by atoms with Gasteiger partial charge in [-0.1, -0.05) is 29.8 Å². The van der Waals surface area contributed by atoms with E-state index in [1.807, 2.05) is 55.5 Å². The summed E-state index contributed by atoms with van der Waals surface area (Å²) in [6, 6.07) is 18.6. The maximum Gasteiger partial charge on any atom is 0.244 e. The summed E-state index contributed by atoms with van der Waals surface area (Å²) >= 11 is 0. The van der Waals surface area contributed by atoms with Gasteiger partial charge in [0.05, 0.1) is 31.8 Å². The molecule has 8 nitrogen and oxygen atoms in total. The third-order valence-electron chi connectivity index (χ3n) is 5.55. The van der Waals surface area contributed by atoms with Crippen molar-refractivity contribution in [1.82, 2.24) is 9.97 Å². The molecule has 178 valence electrons. The van der Waals surface area contributed by atoms with Gasteiger partial charge in [0, 0.05) is 22.3 Å². The number of methoxy groups -OCH3 is 2. The standard InChI is InChI=1S/C27H26N4O4/c1-16-5-7-18(8-6-16)21-14-22(19-10-12-24(34-3)25(13-19)35-4)30-27(29-21)31-28-15-20-9-11-23(32)17(2)26(20)33/h5-15,32-33H,1-4H3,(H,29,30,31)/b28-15-. The van der Waals surface area contributed by atoms with Crippen LogP contribution in [0.1, 0.15) is 16.7 Å². The number of aromatic hydroxyl groups is 2. The van der Waals surface area contributed by atoms with Crippen LogP contribution in [0.15, 0.2) is 65.8 Å². The summed E-state index contributed by atoms with van der Waals surface area (Å²) in [5.74, 6) is 1.46. The Balaban J connectivity index is 1.73. The molecule has 0 saturated heterocycles. The molecule has 1 heterocycles. The number of aromatic nitrogens is 2. The van der Waals surface area contributed by atoms with Gasteiger partial charge in [-0.3, -0.25) is 0 Å². The Morgan fingerprint density at radius 1 is 0.800 bits per heavy atom. The van der Waals surface area contributed by atoms with Crippen LogP contribution in [0.25, 0.3) is 22.5 Å². The second-order valence-electron chi connectivity index (χ2n) is 7.92. The number of nitrogens with zero attached hydrogens (tertiary/aromatic N) is 3. The van der Waals surface area contributed by atoms with Crippen molar-refractivity contribution in [2.24, 2.45) is 5.10 Å². The van der Waals surface area contributed by atoms with Gasteiger partial charge in [-0.05, 0) is 50.2 Å². The Hall–Kier alpha value is -4.59. The van der Waals surface area contributed by atoms with E-state index in [9.17, 15) is 10.2 Å². The van der Waals surface area contributed by atoms with Gasteiger partial charge in [0.2, 0.25) is 5.95 Å². The van der Waals surface area contributed by atoms with Gasteiger partial charge in [-0.15, -0.1) is 0 Å². The zero-order valence-corrected chi connectivity index (χ0v) is 19.9. The molecular weight excluding hydrogens is 444 g/mol. The number of hydrogen-bond donors (Lipinski definition) is 3. The third kappa shape index (κ3) is 5.16. The van der Waals surface area contributed by atoms with Crippen molar-refractivity contribution in [3.05, 3.63) is 77.4 Å². The molecule has 0 spiro atoms. The summed E-state index contributed by atoms with van der Waals surface area (Å²) < 4.78 is 10.8. The van der Waals surface area contributed by atoms with Gasteiger partial charge < -0.3 is 19.7 Å². The Morgan fingerprint density at radius 3 is 2.14 bits per heavy atom. The molecular formula is C27H26N4O4. The van der Waals surface area contributed by atoms with Crippen molar-refractivity contribution in [2.45, 2.75) is 13.8 Å². The predicted molar refractivity (Wildman–Crippen MR) is 136 cm³/mol. The fraction of sp³-hybridized carbons (Fsp3) is 0.148. The van der Waals surface area contributed by atoms with E-state index in [0.717, 1.165) is 16.7 Å². The maximum atomic E-state index is 10.2. The van der Waals surface area contributed by atoms with Crippen LogP contribution >= 0.6 is 0 Å². The van der Waals surface area contributed by atoms with E-state index < -0.39 is 0 Å². The Bertz CT molecular complexity index is 1390. The summed E-state index contributed by atoms with van der Waals surface area (Å²) in [4.78, 5) is 9.25. The number of anilines is 1. The molecule has 0 aliphatic heterocycles. The molecule has 0 radical (unpaired) electrons. The molecule has 0 aliphatic rings.